The fraction of sp³-hybridized carbons (Fsp3) is 0.562. The van der Waals surface area contributed by atoms with E-state index in [-0.39, 0.29) is 18.0 Å². The molecule has 0 radical (unpaired) electrons. The van der Waals surface area contributed by atoms with E-state index in [0.717, 1.165) is 17.9 Å². The smallest absolute Gasteiger partial charge is 0.302 e. The summed E-state index contributed by atoms with van der Waals surface area (Å²) in [5.74, 6) is 0.0950. The molecule has 1 aromatic rings. The fourth-order valence-corrected chi connectivity index (χ4v) is 3.93. The summed E-state index contributed by atoms with van der Waals surface area (Å²) in [6.07, 6.45) is 3.32. The zero-order chi connectivity index (χ0) is 14.3. The molecular formula is C16H20ClNO2. The highest BCUT2D eigenvalue weighted by atomic mass is 35.5. The fourth-order valence-electron chi connectivity index (χ4n) is 3.80. The van der Waals surface area contributed by atoms with E-state index < -0.39 is 0 Å². The van der Waals surface area contributed by atoms with E-state index in [9.17, 15) is 4.79 Å². The third-order valence-electron chi connectivity index (χ3n) is 4.80. The van der Waals surface area contributed by atoms with E-state index in [0.29, 0.717) is 12.1 Å². The summed E-state index contributed by atoms with van der Waals surface area (Å²) in [6, 6.07) is 8.91. The molecule has 3 nitrogen and oxygen atoms in total. The number of esters is 1. The Bertz CT molecular complexity index is 502. The highest BCUT2D eigenvalue weighted by molar-refractivity contribution is 6.30. The number of carbonyl (C=O) groups excluding carboxylic acids is 1. The first-order chi connectivity index (χ1) is 9.56. The van der Waals surface area contributed by atoms with Crippen molar-refractivity contribution in [3.8, 4) is 0 Å². The second kappa shape index (κ2) is 5.38. The number of hydrogen-bond acceptors (Lipinski definition) is 3. The molecule has 1 aromatic carbocycles. The number of piperidine rings is 1. The Labute approximate surface area is 124 Å². The Morgan fingerprint density at radius 3 is 2.65 bits per heavy atom. The van der Waals surface area contributed by atoms with Crippen molar-refractivity contribution in [2.45, 2.75) is 50.3 Å². The van der Waals surface area contributed by atoms with Crippen LogP contribution in [0.25, 0.3) is 0 Å². The summed E-state index contributed by atoms with van der Waals surface area (Å²) in [4.78, 5) is 13.9. The van der Waals surface area contributed by atoms with E-state index >= 15 is 0 Å². The lowest BCUT2D eigenvalue weighted by Gasteiger charge is -2.42. The van der Waals surface area contributed by atoms with Gasteiger partial charge in [0.25, 0.3) is 0 Å². The van der Waals surface area contributed by atoms with Gasteiger partial charge in [-0.3, -0.25) is 9.69 Å². The lowest BCUT2D eigenvalue weighted by Crippen LogP contribution is -2.50. The molecule has 108 valence electrons. The number of ether oxygens (including phenoxy) is 1. The number of fused-ring (bicyclic) bond motifs is 2. The van der Waals surface area contributed by atoms with Crippen LogP contribution in [0.1, 0.15) is 37.7 Å². The maximum absolute atomic E-state index is 11.5. The normalized spacial score (nSPS) is 33.1. The van der Waals surface area contributed by atoms with E-state index in [2.05, 4.69) is 24.1 Å². The third-order valence-corrected chi connectivity index (χ3v) is 5.05. The topological polar surface area (TPSA) is 29.5 Å². The van der Waals surface area contributed by atoms with Crippen molar-refractivity contribution >= 4 is 17.6 Å². The Kier molecular flexibility index (Phi) is 3.74. The maximum Gasteiger partial charge on any atom is 0.302 e. The number of nitrogens with zero attached hydrogens (tertiary/aromatic N) is 1. The highest BCUT2D eigenvalue weighted by Gasteiger charge is 2.47. The molecule has 0 N–H and O–H groups in total. The molecule has 20 heavy (non-hydrogen) atoms. The first kappa shape index (κ1) is 13.9. The van der Waals surface area contributed by atoms with Crippen LogP contribution < -0.4 is 0 Å². The van der Waals surface area contributed by atoms with Crippen LogP contribution in [0, 0.1) is 0 Å². The molecule has 0 unspecified atom stereocenters. The van der Waals surface area contributed by atoms with Crippen molar-refractivity contribution < 1.29 is 9.53 Å². The number of rotatable bonds is 2. The molecule has 0 amide bonds. The van der Waals surface area contributed by atoms with E-state index in [1.54, 1.807) is 0 Å². The number of hydrogen-bond donors (Lipinski definition) is 0. The second-order valence-corrected chi connectivity index (χ2v) is 6.37. The van der Waals surface area contributed by atoms with Gasteiger partial charge in [-0.1, -0.05) is 23.7 Å². The first-order valence-corrected chi connectivity index (χ1v) is 7.58. The van der Waals surface area contributed by atoms with Gasteiger partial charge in [0, 0.05) is 29.9 Å². The van der Waals surface area contributed by atoms with Crippen LogP contribution in [-0.4, -0.2) is 36.1 Å². The van der Waals surface area contributed by atoms with Crippen molar-refractivity contribution in [3.63, 3.8) is 0 Å². The molecule has 2 heterocycles. The molecule has 0 saturated carbocycles. The molecule has 2 saturated heterocycles. The molecular weight excluding hydrogens is 274 g/mol. The van der Waals surface area contributed by atoms with E-state index in [4.69, 9.17) is 16.3 Å². The molecule has 0 aliphatic carbocycles. The summed E-state index contributed by atoms with van der Waals surface area (Å²) in [7, 11) is 2.15. The zero-order valence-corrected chi connectivity index (χ0v) is 12.6. The van der Waals surface area contributed by atoms with E-state index in [1.807, 2.05) is 12.1 Å². The average Bonchev–Trinajstić information content (AvgIpc) is 2.65. The second-order valence-electron chi connectivity index (χ2n) is 5.93. The van der Waals surface area contributed by atoms with Gasteiger partial charge in [-0.2, -0.15) is 0 Å². The lowest BCUT2D eigenvalue weighted by atomic mass is 9.82. The predicted molar refractivity (Wildman–Crippen MR) is 78.9 cm³/mol. The van der Waals surface area contributed by atoms with Crippen LogP contribution in [0.3, 0.4) is 0 Å². The molecule has 2 fully saturated rings. The van der Waals surface area contributed by atoms with Crippen LogP contribution in [-0.2, 0) is 9.53 Å². The Morgan fingerprint density at radius 1 is 1.30 bits per heavy atom. The quantitative estimate of drug-likeness (QED) is 0.784. The molecule has 2 aliphatic heterocycles. The Hall–Kier alpha value is -1.06. The van der Waals surface area contributed by atoms with Crippen LogP contribution in [0.5, 0.6) is 0 Å². The van der Waals surface area contributed by atoms with Gasteiger partial charge in [0.2, 0.25) is 0 Å². The van der Waals surface area contributed by atoms with Gasteiger partial charge >= 0.3 is 5.97 Å². The van der Waals surface area contributed by atoms with Crippen LogP contribution in [0.4, 0.5) is 0 Å². The van der Waals surface area contributed by atoms with Crippen LogP contribution >= 0.6 is 11.6 Å². The Morgan fingerprint density at radius 2 is 2.00 bits per heavy atom. The standard InChI is InChI=1S/C16H20ClNO2/c1-10(19)20-16-14(11-3-5-12(17)6-4-11)9-13-7-8-15(16)18(13)2/h3-6,13-16H,7-9H2,1-2H3/t13-,14-,15+,16+/m1/s1. The van der Waals surface area contributed by atoms with Gasteiger partial charge in [0.15, 0.2) is 0 Å². The van der Waals surface area contributed by atoms with Crippen molar-refractivity contribution in [2.75, 3.05) is 7.05 Å². The molecule has 2 bridgehead atoms. The molecule has 3 rings (SSSR count). The Balaban J connectivity index is 1.91. The minimum atomic E-state index is -0.187. The molecule has 4 atom stereocenters. The van der Waals surface area contributed by atoms with Crippen LogP contribution in [0.15, 0.2) is 24.3 Å². The molecule has 0 spiro atoms. The minimum Gasteiger partial charge on any atom is -0.460 e. The van der Waals surface area contributed by atoms with Crippen molar-refractivity contribution in [1.29, 1.82) is 0 Å². The molecule has 2 aliphatic rings. The minimum absolute atomic E-state index is 0.0441. The average molecular weight is 294 g/mol. The van der Waals surface area contributed by atoms with Crippen molar-refractivity contribution in [3.05, 3.63) is 34.9 Å². The molecule has 0 aromatic heterocycles. The number of benzene rings is 1. The van der Waals surface area contributed by atoms with Crippen molar-refractivity contribution in [1.82, 2.24) is 4.90 Å². The number of halogens is 1. The monoisotopic (exact) mass is 293 g/mol. The van der Waals surface area contributed by atoms with Crippen LogP contribution in [0.2, 0.25) is 5.02 Å². The molecule has 4 heteroatoms. The predicted octanol–water partition coefficient (Wildman–Crippen LogP) is 3.22. The van der Waals surface area contributed by atoms with Gasteiger partial charge in [-0.05, 0) is 44.0 Å². The largest absolute Gasteiger partial charge is 0.460 e. The van der Waals surface area contributed by atoms with Gasteiger partial charge in [-0.15, -0.1) is 0 Å². The number of carbonyl (C=O) groups is 1. The van der Waals surface area contributed by atoms with E-state index in [1.165, 1.54) is 18.9 Å². The third kappa shape index (κ3) is 2.45. The lowest BCUT2D eigenvalue weighted by molar-refractivity contribution is -0.153. The summed E-state index contributed by atoms with van der Waals surface area (Å²) in [5.41, 5.74) is 1.23. The highest BCUT2D eigenvalue weighted by Crippen LogP contribution is 2.44. The van der Waals surface area contributed by atoms with Gasteiger partial charge < -0.3 is 4.74 Å². The summed E-state index contributed by atoms with van der Waals surface area (Å²) in [5, 5.41) is 0.744. The number of likely N-dealkylation sites (N-methyl/N-ethyl adjacent to an activating group) is 1. The summed E-state index contributed by atoms with van der Waals surface area (Å²) >= 11 is 5.97. The zero-order valence-electron chi connectivity index (χ0n) is 11.9. The summed E-state index contributed by atoms with van der Waals surface area (Å²) < 4.78 is 5.68. The maximum atomic E-state index is 11.5. The van der Waals surface area contributed by atoms with Gasteiger partial charge in [0.1, 0.15) is 6.10 Å². The van der Waals surface area contributed by atoms with Gasteiger partial charge in [0.05, 0.1) is 0 Å². The van der Waals surface area contributed by atoms with Crippen molar-refractivity contribution in [2.24, 2.45) is 0 Å². The first-order valence-electron chi connectivity index (χ1n) is 7.21. The SMILES string of the molecule is CC(=O)O[C@H]1[C@@H](c2ccc(Cl)cc2)C[C@H]2CC[C@@H]1N2C. The summed E-state index contributed by atoms with van der Waals surface area (Å²) in [6.45, 7) is 1.50. The van der Waals surface area contributed by atoms with Gasteiger partial charge in [-0.25, -0.2) is 0 Å².